The zero-order valence-electron chi connectivity index (χ0n) is 14.9. The van der Waals surface area contributed by atoms with Gasteiger partial charge < -0.3 is 14.2 Å². The first kappa shape index (κ1) is 16.8. The number of aromatic nitrogens is 1. The summed E-state index contributed by atoms with van der Waals surface area (Å²) in [4.78, 5) is 22.6. The first-order valence-corrected chi connectivity index (χ1v) is 9.55. The number of thiazole rings is 1. The molecule has 2 aromatic heterocycles. The molecule has 1 saturated heterocycles. The maximum absolute atomic E-state index is 12.9. The lowest BCUT2D eigenvalue weighted by atomic mass is 10.2. The van der Waals surface area contributed by atoms with E-state index in [0.717, 1.165) is 23.0 Å². The van der Waals surface area contributed by atoms with Crippen LogP contribution in [0.3, 0.4) is 0 Å². The highest BCUT2D eigenvalue weighted by molar-refractivity contribution is 7.15. The number of nitrogens with zero attached hydrogens (tertiary/aromatic N) is 3. The van der Waals surface area contributed by atoms with Crippen LogP contribution in [0.5, 0.6) is 0 Å². The van der Waals surface area contributed by atoms with Crippen LogP contribution in [0, 0.1) is 13.8 Å². The van der Waals surface area contributed by atoms with Gasteiger partial charge in [-0.3, -0.25) is 4.79 Å². The highest BCUT2D eigenvalue weighted by Gasteiger charge is 2.26. The molecule has 0 atom stereocenters. The Morgan fingerprint density at radius 1 is 1.12 bits per heavy atom. The molecule has 0 unspecified atom stereocenters. The Labute approximate surface area is 156 Å². The van der Waals surface area contributed by atoms with Crippen molar-refractivity contribution in [2.24, 2.45) is 0 Å². The third kappa shape index (κ3) is 3.24. The van der Waals surface area contributed by atoms with E-state index < -0.39 is 0 Å². The van der Waals surface area contributed by atoms with Crippen LogP contribution in [0.15, 0.2) is 47.1 Å². The summed E-state index contributed by atoms with van der Waals surface area (Å²) in [5.41, 5.74) is 3.03. The summed E-state index contributed by atoms with van der Waals surface area (Å²) in [5, 5.41) is 0.759. The lowest BCUT2D eigenvalue weighted by Crippen LogP contribution is -2.49. The first-order valence-electron chi connectivity index (χ1n) is 8.74. The van der Waals surface area contributed by atoms with Crippen LogP contribution >= 0.6 is 11.3 Å². The van der Waals surface area contributed by atoms with Gasteiger partial charge >= 0.3 is 0 Å². The van der Waals surface area contributed by atoms with Crippen molar-refractivity contribution >= 4 is 22.9 Å². The fraction of sp³-hybridized carbons (Fsp3) is 0.300. The number of furan rings is 1. The molecule has 0 saturated carbocycles. The van der Waals surface area contributed by atoms with Crippen LogP contribution in [-0.2, 0) is 0 Å². The van der Waals surface area contributed by atoms with E-state index in [-0.39, 0.29) is 5.91 Å². The Morgan fingerprint density at radius 2 is 1.92 bits per heavy atom. The van der Waals surface area contributed by atoms with E-state index in [1.165, 1.54) is 22.6 Å². The molecular weight excluding hydrogens is 346 g/mol. The summed E-state index contributed by atoms with van der Waals surface area (Å²) in [6, 6.07) is 12.2. The predicted octanol–water partition coefficient (Wildman–Crippen LogP) is 3.98. The lowest BCUT2D eigenvalue weighted by molar-refractivity contribution is 0.0741. The third-order valence-corrected chi connectivity index (χ3v) is 5.65. The zero-order valence-corrected chi connectivity index (χ0v) is 15.8. The van der Waals surface area contributed by atoms with Gasteiger partial charge in [0.25, 0.3) is 5.91 Å². The molecule has 1 fully saturated rings. The highest BCUT2D eigenvalue weighted by atomic mass is 32.1. The van der Waals surface area contributed by atoms with Crippen LogP contribution in [0.4, 0.5) is 5.69 Å². The Morgan fingerprint density at radius 3 is 2.62 bits per heavy atom. The molecule has 1 aromatic carbocycles. The number of piperazine rings is 1. The van der Waals surface area contributed by atoms with Gasteiger partial charge in [0.2, 0.25) is 0 Å². The smallest absolute Gasteiger partial charge is 0.273 e. The van der Waals surface area contributed by atoms with Gasteiger partial charge in [0.15, 0.2) is 10.8 Å². The van der Waals surface area contributed by atoms with Crippen LogP contribution in [-0.4, -0.2) is 42.0 Å². The standard InChI is InChI=1S/C20H21N3O2S/c1-14-5-3-6-16(13-14)22-8-10-23(11-9-22)20(24)18-15(2)26-19(21-18)17-7-4-12-25-17/h3-7,12-13H,8-11H2,1-2H3. The molecule has 0 spiro atoms. The Bertz CT molecular complexity index is 909. The van der Waals surface area contributed by atoms with Gasteiger partial charge in [-0.25, -0.2) is 4.98 Å². The maximum atomic E-state index is 12.9. The molecule has 134 valence electrons. The van der Waals surface area contributed by atoms with Gasteiger partial charge in [-0.15, -0.1) is 11.3 Å². The Balaban J connectivity index is 1.45. The van der Waals surface area contributed by atoms with E-state index >= 15 is 0 Å². The van der Waals surface area contributed by atoms with Gasteiger partial charge in [0.05, 0.1) is 6.26 Å². The number of anilines is 1. The number of hydrogen-bond acceptors (Lipinski definition) is 5. The number of carbonyl (C=O) groups excluding carboxylic acids is 1. The molecule has 6 heteroatoms. The quantitative estimate of drug-likeness (QED) is 0.702. The number of carbonyl (C=O) groups is 1. The van der Waals surface area contributed by atoms with Gasteiger partial charge in [-0.2, -0.15) is 0 Å². The first-order chi connectivity index (χ1) is 12.6. The topological polar surface area (TPSA) is 49.6 Å². The maximum Gasteiger partial charge on any atom is 0.273 e. The second-order valence-corrected chi connectivity index (χ2v) is 7.72. The summed E-state index contributed by atoms with van der Waals surface area (Å²) in [5.74, 6) is 0.724. The second-order valence-electron chi connectivity index (χ2n) is 6.52. The number of hydrogen-bond donors (Lipinski definition) is 0. The molecule has 1 aliphatic heterocycles. The SMILES string of the molecule is Cc1cccc(N2CCN(C(=O)c3nc(-c4ccco4)sc3C)CC2)c1. The molecule has 0 aliphatic carbocycles. The predicted molar refractivity (Wildman–Crippen MR) is 104 cm³/mol. The van der Waals surface area contributed by atoms with Crippen molar-refractivity contribution in [2.45, 2.75) is 13.8 Å². The average molecular weight is 367 g/mol. The summed E-state index contributed by atoms with van der Waals surface area (Å²) in [6.45, 7) is 7.14. The van der Waals surface area contributed by atoms with E-state index in [2.05, 4.69) is 41.1 Å². The van der Waals surface area contributed by atoms with Gasteiger partial charge in [0.1, 0.15) is 5.69 Å². The molecule has 0 N–H and O–H groups in total. The summed E-state index contributed by atoms with van der Waals surface area (Å²) < 4.78 is 5.40. The monoisotopic (exact) mass is 367 g/mol. The van der Waals surface area contributed by atoms with E-state index in [1.54, 1.807) is 6.26 Å². The van der Waals surface area contributed by atoms with Crippen molar-refractivity contribution in [1.29, 1.82) is 0 Å². The number of benzene rings is 1. The number of rotatable bonds is 3. The third-order valence-electron chi connectivity index (χ3n) is 4.66. The molecule has 0 bridgehead atoms. The molecule has 5 nitrogen and oxygen atoms in total. The van der Waals surface area contributed by atoms with Crippen LogP contribution in [0.25, 0.3) is 10.8 Å². The number of amides is 1. The molecule has 3 heterocycles. The fourth-order valence-electron chi connectivity index (χ4n) is 3.24. The molecular formula is C20H21N3O2S. The fourth-order valence-corrected chi connectivity index (χ4v) is 4.12. The molecule has 0 radical (unpaired) electrons. The molecule has 1 aliphatic rings. The van der Waals surface area contributed by atoms with Crippen molar-refractivity contribution in [3.05, 3.63) is 58.8 Å². The Hall–Kier alpha value is -2.60. The minimum absolute atomic E-state index is 0.0143. The van der Waals surface area contributed by atoms with Crippen LogP contribution < -0.4 is 4.90 Å². The normalized spacial score (nSPS) is 14.7. The molecule has 26 heavy (non-hydrogen) atoms. The van der Waals surface area contributed by atoms with Crippen LogP contribution in [0.1, 0.15) is 20.9 Å². The van der Waals surface area contributed by atoms with Crippen molar-refractivity contribution in [1.82, 2.24) is 9.88 Å². The van der Waals surface area contributed by atoms with Gasteiger partial charge in [-0.05, 0) is 43.7 Å². The summed E-state index contributed by atoms with van der Waals surface area (Å²) in [6.07, 6.45) is 1.62. The largest absolute Gasteiger partial charge is 0.462 e. The van der Waals surface area contributed by atoms with Gasteiger partial charge in [0, 0.05) is 36.7 Å². The highest BCUT2D eigenvalue weighted by Crippen LogP contribution is 2.29. The van der Waals surface area contributed by atoms with Crippen molar-refractivity contribution in [2.75, 3.05) is 31.1 Å². The molecule has 4 rings (SSSR count). The lowest BCUT2D eigenvalue weighted by Gasteiger charge is -2.36. The van der Waals surface area contributed by atoms with Crippen LogP contribution in [0.2, 0.25) is 0 Å². The molecule has 3 aromatic rings. The van der Waals surface area contributed by atoms with Crippen molar-refractivity contribution in [3.63, 3.8) is 0 Å². The zero-order chi connectivity index (χ0) is 18.1. The number of aryl methyl sites for hydroxylation is 2. The van der Waals surface area contributed by atoms with Crippen molar-refractivity contribution < 1.29 is 9.21 Å². The van der Waals surface area contributed by atoms with Gasteiger partial charge in [-0.1, -0.05) is 12.1 Å². The van der Waals surface area contributed by atoms with Crippen molar-refractivity contribution in [3.8, 4) is 10.8 Å². The van der Waals surface area contributed by atoms with E-state index in [1.807, 2.05) is 24.0 Å². The summed E-state index contributed by atoms with van der Waals surface area (Å²) in [7, 11) is 0. The Kier molecular flexibility index (Phi) is 4.51. The van der Waals surface area contributed by atoms with E-state index in [0.29, 0.717) is 24.5 Å². The summed E-state index contributed by atoms with van der Waals surface area (Å²) >= 11 is 1.50. The average Bonchev–Trinajstić information content (AvgIpc) is 3.31. The molecule has 1 amide bonds. The minimum atomic E-state index is 0.0143. The van der Waals surface area contributed by atoms with E-state index in [9.17, 15) is 4.79 Å². The second kappa shape index (κ2) is 6.96. The van der Waals surface area contributed by atoms with E-state index in [4.69, 9.17) is 4.42 Å². The minimum Gasteiger partial charge on any atom is -0.462 e.